The molecule has 0 aliphatic heterocycles. The summed E-state index contributed by atoms with van der Waals surface area (Å²) in [4.78, 5) is 7.94. The zero-order valence-electron chi connectivity index (χ0n) is 16.8. The highest BCUT2D eigenvalue weighted by molar-refractivity contribution is 5.82. The number of aromatic nitrogens is 6. The Morgan fingerprint density at radius 1 is 0.933 bits per heavy atom. The summed E-state index contributed by atoms with van der Waals surface area (Å²) in [6.45, 7) is 2.19. The van der Waals surface area contributed by atoms with Crippen molar-refractivity contribution in [3.63, 3.8) is 0 Å². The second kappa shape index (κ2) is 7.91. The number of hydrogen-bond donors (Lipinski definition) is 2. The first-order valence-corrected chi connectivity index (χ1v) is 10.2. The van der Waals surface area contributed by atoms with Crippen LogP contribution >= 0.6 is 0 Å². The summed E-state index contributed by atoms with van der Waals surface area (Å²) >= 11 is 0. The van der Waals surface area contributed by atoms with E-state index in [0.29, 0.717) is 5.82 Å². The summed E-state index contributed by atoms with van der Waals surface area (Å²) < 4.78 is 0. The van der Waals surface area contributed by atoms with E-state index in [-0.39, 0.29) is 0 Å². The SMILES string of the molecule is CCCc1cc2c(Cc3ccc(-c4ccccc4-c4nn[nH]n4)cc3)ccnc2[nH]1. The maximum atomic E-state index is 4.50. The summed E-state index contributed by atoms with van der Waals surface area (Å²) in [6, 6.07) is 21.2. The summed E-state index contributed by atoms with van der Waals surface area (Å²) in [5.41, 5.74) is 7.96. The molecule has 0 radical (unpaired) electrons. The fourth-order valence-electron chi connectivity index (χ4n) is 3.92. The molecule has 0 unspecified atom stereocenters. The molecule has 0 fully saturated rings. The molecule has 2 aromatic carbocycles. The van der Waals surface area contributed by atoms with Crippen molar-refractivity contribution in [2.45, 2.75) is 26.2 Å². The molecule has 0 aliphatic carbocycles. The number of benzene rings is 2. The number of fused-ring (bicyclic) bond motifs is 1. The third kappa shape index (κ3) is 3.48. The van der Waals surface area contributed by atoms with Gasteiger partial charge in [-0.15, -0.1) is 10.2 Å². The van der Waals surface area contributed by atoms with Crippen LogP contribution in [0.1, 0.15) is 30.2 Å². The maximum absolute atomic E-state index is 4.50. The van der Waals surface area contributed by atoms with Crippen molar-refractivity contribution in [2.75, 3.05) is 0 Å². The maximum Gasteiger partial charge on any atom is 0.205 e. The Kier molecular flexibility index (Phi) is 4.81. The molecule has 148 valence electrons. The van der Waals surface area contributed by atoms with Gasteiger partial charge in [-0.3, -0.25) is 0 Å². The zero-order valence-corrected chi connectivity index (χ0v) is 16.8. The molecule has 5 rings (SSSR count). The first-order valence-electron chi connectivity index (χ1n) is 10.2. The Balaban J connectivity index is 1.44. The molecule has 0 spiro atoms. The second-order valence-electron chi connectivity index (χ2n) is 7.43. The molecule has 3 aromatic heterocycles. The molecule has 30 heavy (non-hydrogen) atoms. The minimum absolute atomic E-state index is 0.601. The van der Waals surface area contributed by atoms with Crippen LogP contribution in [0.3, 0.4) is 0 Å². The van der Waals surface area contributed by atoms with Crippen LogP contribution < -0.4 is 0 Å². The van der Waals surface area contributed by atoms with Crippen molar-refractivity contribution < 1.29 is 0 Å². The molecule has 0 aliphatic rings. The van der Waals surface area contributed by atoms with E-state index in [1.165, 1.54) is 22.2 Å². The number of nitrogens with one attached hydrogen (secondary N) is 2. The molecule has 0 saturated heterocycles. The smallest absolute Gasteiger partial charge is 0.205 e. The minimum Gasteiger partial charge on any atom is -0.343 e. The van der Waals surface area contributed by atoms with E-state index in [4.69, 9.17) is 0 Å². The standard InChI is InChI=1S/C24H22N6/c1-2-5-19-15-22-18(12-13-25-23(22)26-19)14-16-8-10-17(11-9-16)20-6-3-4-7-21(20)24-27-29-30-28-24/h3-4,6-13,15H,2,5,14H2,1H3,(H,25,26)(H,27,28,29,30). The molecule has 3 heterocycles. The number of rotatable bonds is 6. The predicted octanol–water partition coefficient (Wildman–Crippen LogP) is 4.95. The van der Waals surface area contributed by atoms with Crippen LogP contribution in [0.5, 0.6) is 0 Å². The van der Waals surface area contributed by atoms with E-state index in [1.54, 1.807) is 0 Å². The quantitative estimate of drug-likeness (QED) is 0.427. The number of nitrogens with zero attached hydrogens (tertiary/aromatic N) is 4. The molecule has 5 aromatic rings. The summed E-state index contributed by atoms with van der Waals surface area (Å²) in [5.74, 6) is 0.601. The topological polar surface area (TPSA) is 83.1 Å². The Morgan fingerprint density at radius 3 is 2.53 bits per heavy atom. The van der Waals surface area contributed by atoms with Crippen LogP contribution in [0, 0.1) is 0 Å². The fourth-order valence-corrected chi connectivity index (χ4v) is 3.92. The number of tetrazole rings is 1. The minimum atomic E-state index is 0.601. The summed E-state index contributed by atoms with van der Waals surface area (Å²) in [7, 11) is 0. The highest BCUT2D eigenvalue weighted by atomic mass is 15.5. The Bertz CT molecular complexity index is 1270. The van der Waals surface area contributed by atoms with Crippen LogP contribution in [0.25, 0.3) is 33.5 Å². The van der Waals surface area contributed by atoms with Gasteiger partial charge in [-0.2, -0.15) is 5.21 Å². The van der Waals surface area contributed by atoms with Gasteiger partial charge in [0.1, 0.15) is 5.65 Å². The molecule has 6 nitrogen and oxygen atoms in total. The first kappa shape index (κ1) is 18.2. The monoisotopic (exact) mass is 394 g/mol. The van der Waals surface area contributed by atoms with Crippen molar-refractivity contribution in [2.24, 2.45) is 0 Å². The van der Waals surface area contributed by atoms with Gasteiger partial charge in [0.2, 0.25) is 5.82 Å². The van der Waals surface area contributed by atoms with Crippen molar-refractivity contribution in [1.29, 1.82) is 0 Å². The average Bonchev–Trinajstić information content (AvgIpc) is 3.45. The van der Waals surface area contributed by atoms with E-state index >= 15 is 0 Å². The molecule has 0 saturated carbocycles. The lowest BCUT2D eigenvalue weighted by molar-refractivity contribution is 0.881. The number of aryl methyl sites for hydroxylation is 1. The van der Waals surface area contributed by atoms with Gasteiger partial charge in [-0.05, 0) is 52.4 Å². The van der Waals surface area contributed by atoms with Gasteiger partial charge >= 0.3 is 0 Å². The highest BCUT2D eigenvalue weighted by Crippen LogP contribution is 2.30. The van der Waals surface area contributed by atoms with E-state index < -0.39 is 0 Å². The van der Waals surface area contributed by atoms with Gasteiger partial charge in [-0.25, -0.2) is 4.98 Å². The van der Waals surface area contributed by atoms with Crippen LogP contribution in [0.15, 0.2) is 66.9 Å². The molecule has 6 heteroatoms. The lowest BCUT2D eigenvalue weighted by Crippen LogP contribution is -1.91. The van der Waals surface area contributed by atoms with Gasteiger partial charge in [-0.1, -0.05) is 61.9 Å². The largest absolute Gasteiger partial charge is 0.343 e. The predicted molar refractivity (Wildman–Crippen MR) is 118 cm³/mol. The number of pyridine rings is 1. The van der Waals surface area contributed by atoms with E-state index in [1.807, 2.05) is 24.4 Å². The molecular formula is C24H22N6. The van der Waals surface area contributed by atoms with E-state index in [2.05, 4.69) is 80.0 Å². The van der Waals surface area contributed by atoms with E-state index in [0.717, 1.165) is 41.6 Å². The van der Waals surface area contributed by atoms with E-state index in [9.17, 15) is 0 Å². The first-order chi connectivity index (χ1) is 14.8. The van der Waals surface area contributed by atoms with Gasteiger partial charge < -0.3 is 4.98 Å². The molecule has 0 amide bonds. The van der Waals surface area contributed by atoms with Crippen LogP contribution in [-0.2, 0) is 12.8 Å². The lowest BCUT2D eigenvalue weighted by Gasteiger charge is -2.08. The Hall–Kier alpha value is -3.80. The normalized spacial score (nSPS) is 11.2. The third-order valence-corrected chi connectivity index (χ3v) is 5.37. The Morgan fingerprint density at radius 2 is 1.77 bits per heavy atom. The Labute approximate surface area is 174 Å². The van der Waals surface area contributed by atoms with Crippen LogP contribution in [-0.4, -0.2) is 30.6 Å². The average molecular weight is 394 g/mol. The summed E-state index contributed by atoms with van der Waals surface area (Å²) in [5, 5.41) is 15.7. The molecule has 0 bridgehead atoms. The van der Waals surface area contributed by atoms with Gasteiger partial charge in [0.05, 0.1) is 0 Å². The number of aromatic amines is 2. The summed E-state index contributed by atoms with van der Waals surface area (Å²) in [6.07, 6.45) is 4.92. The lowest BCUT2D eigenvalue weighted by atomic mass is 9.96. The van der Waals surface area contributed by atoms with Crippen molar-refractivity contribution in [1.82, 2.24) is 30.6 Å². The van der Waals surface area contributed by atoms with Crippen molar-refractivity contribution >= 4 is 11.0 Å². The van der Waals surface area contributed by atoms with Gasteiger partial charge in [0.15, 0.2) is 0 Å². The van der Waals surface area contributed by atoms with Gasteiger partial charge in [0, 0.05) is 22.8 Å². The third-order valence-electron chi connectivity index (χ3n) is 5.37. The zero-order chi connectivity index (χ0) is 20.3. The van der Waals surface area contributed by atoms with Crippen molar-refractivity contribution in [3.8, 4) is 22.5 Å². The van der Waals surface area contributed by atoms with Gasteiger partial charge in [0.25, 0.3) is 0 Å². The highest BCUT2D eigenvalue weighted by Gasteiger charge is 2.11. The number of H-pyrrole nitrogens is 2. The fraction of sp³-hybridized carbons (Fsp3) is 0.167. The second-order valence-corrected chi connectivity index (χ2v) is 7.43. The van der Waals surface area contributed by atoms with Crippen molar-refractivity contribution in [3.05, 3.63) is 83.7 Å². The molecular weight excluding hydrogens is 372 g/mol. The van der Waals surface area contributed by atoms with Crippen LogP contribution in [0.4, 0.5) is 0 Å². The van der Waals surface area contributed by atoms with Crippen LogP contribution in [0.2, 0.25) is 0 Å². The number of hydrogen-bond acceptors (Lipinski definition) is 4. The molecule has 2 N–H and O–H groups in total. The molecule has 0 atom stereocenters.